The van der Waals surface area contributed by atoms with Crippen molar-refractivity contribution >= 4 is 16.8 Å². The summed E-state index contributed by atoms with van der Waals surface area (Å²) in [6, 6.07) is 18.9. The second-order valence-electron chi connectivity index (χ2n) is 10.2. The van der Waals surface area contributed by atoms with Crippen LogP contribution in [0, 0.1) is 12.8 Å². The van der Waals surface area contributed by atoms with Crippen molar-refractivity contribution in [3.63, 3.8) is 0 Å². The van der Waals surface area contributed by atoms with Crippen LogP contribution in [-0.2, 0) is 0 Å². The van der Waals surface area contributed by atoms with Crippen molar-refractivity contribution < 1.29 is 9.53 Å². The highest BCUT2D eigenvalue weighted by Gasteiger charge is 2.26. The van der Waals surface area contributed by atoms with Gasteiger partial charge in [0.25, 0.3) is 5.91 Å². The van der Waals surface area contributed by atoms with Crippen LogP contribution in [0.15, 0.2) is 54.6 Å². The molecule has 1 atom stereocenters. The molecule has 1 aromatic heterocycles. The van der Waals surface area contributed by atoms with Gasteiger partial charge >= 0.3 is 0 Å². The number of ether oxygens (including phenoxy) is 1. The highest BCUT2D eigenvalue weighted by molar-refractivity contribution is 5.94. The monoisotopic (exact) mass is 471 g/mol. The van der Waals surface area contributed by atoms with E-state index in [1.54, 1.807) is 0 Å². The Morgan fingerprint density at radius 1 is 1.06 bits per heavy atom. The van der Waals surface area contributed by atoms with Crippen LogP contribution in [0.1, 0.15) is 72.5 Å². The predicted octanol–water partition coefficient (Wildman–Crippen LogP) is 5.77. The Morgan fingerprint density at radius 2 is 1.86 bits per heavy atom. The minimum Gasteiger partial charge on any atom is -0.493 e. The fourth-order valence-corrected chi connectivity index (χ4v) is 5.82. The van der Waals surface area contributed by atoms with E-state index in [2.05, 4.69) is 33.8 Å². The van der Waals surface area contributed by atoms with Gasteiger partial charge in [-0.25, -0.2) is 0 Å². The molecular weight excluding hydrogens is 434 g/mol. The fourth-order valence-electron chi connectivity index (χ4n) is 5.82. The van der Waals surface area contributed by atoms with Crippen molar-refractivity contribution in [3.05, 3.63) is 71.4 Å². The molecule has 1 saturated heterocycles. The van der Waals surface area contributed by atoms with Crippen LogP contribution in [-0.4, -0.2) is 36.6 Å². The van der Waals surface area contributed by atoms with Crippen LogP contribution in [0.3, 0.4) is 0 Å². The van der Waals surface area contributed by atoms with Gasteiger partial charge in [-0.2, -0.15) is 0 Å². The summed E-state index contributed by atoms with van der Waals surface area (Å²) in [6.45, 7) is 4.76. The number of pyridine rings is 1. The Bertz CT molecular complexity index is 1150. The van der Waals surface area contributed by atoms with Crippen molar-refractivity contribution in [2.45, 2.75) is 63.8 Å². The number of nitrogens with one attached hydrogen (secondary N) is 2. The van der Waals surface area contributed by atoms with Gasteiger partial charge in [0.05, 0.1) is 12.1 Å². The maximum absolute atomic E-state index is 12.9. The second-order valence-corrected chi connectivity index (χ2v) is 10.2. The number of nitrogens with zero attached hydrogens (tertiary/aromatic N) is 1. The van der Waals surface area contributed by atoms with Gasteiger partial charge < -0.3 is 15.4 Å². The summed E-state index contributed by atoms with van der Waals surface area (Å²) in [4.78, 5) is 17.6. The van der Waals surface area contributed by atoms with E-state index >= 15 is 0 Å². The molecule has 2 aliphatic rings. The van der Waals surface area contributed by atoms with Crippen molar-refractivity contribution in [2.75, 3.05) is 19.7 Å². The van der Waals surface area contributed by atoms with E-state index in [1.165, 1.54) is 18.4 Å². The molecule has 3 aromatic rings. The SMILES string of the molecule is Cc1ccc2c(OCCC(c3cccc(C(=O)NC4CCCC4)c3)C3CCNCC3)cccc2n1. The molecule has 1 amide bonds. The second kappa shape index (κ2) is 11.2. The molecule has 0 bridgehead atoms. The molecular formula is C30H37N3O2. The van der Waals surface area contributed by atoms with Crippen molar-refractivity contribution in [1.82, 2.24) is 15.6 Å². The highest BCUT2D eigenvalue weighted by Crippen LogP contribution is 2.35. The zero-order valence-electron chi connectivity index (χ0n) is 20.8. The fraction of sp³-hybridized carbons (Fsp3) is 0.467. The topological polar surface area (TPSA) is 63.2 Å². The molecule has 2 aromatic carbocycles. The van der Waals surface area contributed by atoms with Crippen molar-refractivity contribution in [2.24, 2.45) is 5.92 Å². The Balaban J connectivity index is 1.31. The molecule has 2 heterocycles. The minimum atomic E-state index is 0.0672. The minimum absolute atomic E-state index is 0.0672. The highest BCUT2D eigenvalue weighted by atomic mass is 16.5. The molecule has 2 N–H and O–H groups in total. The number of hydrogen-bond donors (Lipinski definition) is 2. The predicted molar refractivity (Wildman–Crippen MR) is 141 cm³/mol. The van der Waals surface area contributed by atoms with Crippen LogP contribution >= 0.6 is 0 Å². The van der Waals surface area contributed by atoms with Gasteiger partial charge in [-0.3, -0.25) is 9.78 Å². The smallest absolute Gasteiger partial charge is 0.251 e. The van der Waals surface area contributed by atoms with Gasteiger partial charge in [-0.15, -0.1) is 0 Å². The lowest BCUT2D eigenvalue weighted by Crippen LogP contribution is -2.33. The molecule has 35 heavy (non-hydrogen) atoms. The van der Waals surface area contributed by atoms with Crippen molar-refractivity contribution in [1.29, 1.82) is 0 Å². The summed E-state index contributed by atoms with van der Waals surface area (Å²) < 4.78 is 6.33. The number of rotatable bonds is 8. The number of piperidine rings is 1. The molecule has 5 nitrogen and oxygen atoms in total. The number of benzene rings is 2. The van der Waals surface area contributed by atoms with Crippen LogP contribution < -0.4 is 15.4 Å². The van der Waals surface area contributed by atoms with E-state index in [-0.39, 0.29) is 5.91 Å². The van der Waals surface area contributed by atoms with Gasteiger partial charge in [0.15, 0.2) is 0 Å². The third kappa shape index (κ3) is 5.84. The number of aromatic nitrogens is 1. The number of aryl methyl sites for hydroxylation is 1. The summed E-state index contributed by atoms with van der Waals surface area (Å²) in [6.07, 6.45) is 7.87. The van der Waals surface area contributed by atoms with Gasteiger partial charge in [0.1, 0.15) is 5.75 Å². The van der Waals surface area contributed by atoms with E-state index in [4.69, 9.17) is 4.74 Å². The zero-order valence-corrected chi connectivity index (χ0v) is 20.8. The lowest BCUT2D eigenvalue weighted by atomic mass is 9.78. The molecule has 1 aliphatic carbocycles. The number of carbonyl (C=O) groups excluding carboxylic acids is 1. The Kier molecular flexibility index (Phi) is 7.63. The first-order valence-corrected chi connectivity index (χ1v) is 13.3. The zero-order chi connectivity index (χ0) is 24.0. The molecule has 5 heteroatoms. The van der Waals surface area contributed by atoms with Crippen LogP contribution in [0.2, 0.25) is 0 Å². The van der Waals surface area contributed by atoms with Gasteiger partial charge in [-0.05, 0) is 106 Å². The summed E-state index contributed by atoms with van der Waals surface area (Å²) >= 11 is 0. The molecule has 5 rings (SSSR count). The molecule has 0 spiro atoms. The quantitative estimate of drug-likeness (QED) is 0.438. The van der Waals surface area contributed by atoms with Crippen molar-refractivity contribution in [3.8, 4) is 5.75 Å². The maximum atomic E-state index is 12.9. The van der Waals surface area contributed by atoms with E-state index in [1.807, 2.05) is 43.3 Å². The maximum Gasteiger partial charge on any atom is 0.251 e. The van der Waals surface area contributed by atoms with E-state index in [0.29, 0.717) is 24.5 Å². The Morgan fingerprint density at radius 3 is 2.69 bits per heavy atom. The molecule has 1 saturated carbocycles. The number of fused-ring (bicyclic) bond motifs is 1. The van der Waals surface area contributed by atoms with Gasteiger partial charge in [-0.1, -0.05) is 31.0 Å². The third-order valence-corrected chi connectivity index (χ3v) is 7.74. The molecule has 184 valence electrons. The molecule has 1 unspecified atom stereocenters. The average Bonchev–Trinajstić information content (AvgIpc) is 3.40. The van der Waals surface area contributed by atoms with E-state index in [0.717, 1.165) is 73.1 Å². The lowest BCUT2D eigenvalue weighted by molar-refractivity contribution is 0.0937. The summed E-state index contributed by atoms with van der Waals surface area (Å²) in [5, 5.41) is 7.80. The molecule has 1 aliphatic heterocycles. The largest absolute Gasteiger partial charge is 0.493 e. The van der Waals surface area contributed by atoms with E-state index in [9.17, 15) is 4.79 Å². The number of amides is 1. The normalized spacial score (nSPS) is 18.0. The third-order valence-electron chi connectivity index (χ3n) is 7.74. The van der Waals surface area contributed by atoms with Crippen LogP contribution in [0.5, 0.6) is 5.75 Å². The standard InChI is InChI=1S/C30H37N3O2/c1-21-12-13-27-28(32-21)10-5-11-29(27)35-19-16-26(22-14-17-31-18-15-22)23-6-4-7-24(20-23)30(34)33-25-8-2-3-9-25/h4-7,10-13,20,22,25-26,31H,2-3,8-9,14-19H2,1H3,(H,33,34). The summed E-state index contributed by atoms with van der Waals surface area (Å²) in [5.74, 6) is 1.91. The lowest BCUT2D eigenvalue weighted by Gasteiger charge is -2.31. The Labute approximate surface area is 208 Å². The first-order chi connectivity index (χ1) is 17.2. The summed E-state index contributed by atoms with van der Waals surface area (Å²) in [7, 11) is 0. The Hall–Kier alpha value is -2.92. The van der Waals surface area contributed by atoms with Gasteiger partial charge in [0, 0.05) is 22.7 Å². The summed E-state index contributed by atoms with van der Waals surface area (Å²) in [5.41, 5.74) is 4.02. The first-order valence-electron chi connectivity index (χ1n) is 13.3. The van der Waals surface area contributed by atoms with Gasteiger partial charge in [0.2, 0.25) is 0 Å². The number of hydrogen-bond acceptors (Lipinski definition) is 4. The van der Waals surface area contributed by atoms with Crippen LogP contribution in [0.25, 0.3) is 10.9 Å². The molecule has 0 radical (unpaired) electrons. The average molecular weight is 472 g/mol. The molecule has 2 fully saturated rings. The van der Waals surface area contributed by atoms with E-state index < -0.39 is 0 Å². The van der Waals surface area contributed by atoms with Crippen LogP contribution in [0.4, 0.5) is 0 Å². The first kappa shape index (κ1) is 23.8. The number of carbonyl (C=O) groups is 1.